The fourth-order valence-electron chi connectivity index (χ4n) is 1.55. The third-order valence-corrected chi connectivity index (χ3v) is 3.46. The highest BCUT2D eigenvalue weighted by Crippen LogP contribution is 2.09. The van der Waals surface area contributed by atoms with E-state index >= 15 is 0 Å². The molecule has 0 saturated heterocycles. The Balaban J connectivity index is 0.00000361. The molecule has 0 heterocycles. The van der Waals surface area contributed by atoms with E-state index in [1.54, 1.807) is 7.05 Å². The quantitative estimate of drug-likeness (QED) is 0.442. The molecule has 0 aliphatic carbocycles. The van der Waals surface area contributed by atoms with Crippen molar-refractivity contribution in [2.24, 2.45) is 10.9 Å². The Labute approximate surface area is 144 Å². The molecule has 1 aromatic carbocycles. The fourth-order valence-corrected chi connectivity index (χ4v) is 1.68. The highest BCUT2D eigenvalue weighted by atomic mass is 127. The van der Waals surface area contributed by atoms with E-state index in [2.05, 4.69) is 48.5 Å². The zero-order chi connectivity index (χ0) is 14.3. The summed E-state index contributed by atoms with van der Waals surface area (Å²) >= 11 is 5.86. The molecule has 0 fully saturated rings. The van der Waals surface area contributed by atoms with E-state index in [9.17, 15) is 0 Å². The number of aliphatic imine (C=N–C) groups is 1. The lowest BCUT2D eigenvalue weighted by Gasteiger charge is -2.20. The molecule has 0 amide bonds. The predicted molar refractivity (Wildman–Crippen MR) is 99.4 cm³/mol. The topological polar surface area (TPSA) is 36.4 Å². The molecule has 0 aromatic heterocycles. The highest BCUT2D eigenvalue weighted by Gasteiger charge is 2.08. The molecule has 0 aliphatic rings. The summed E-state index contributed by atoms with van der Waals surface area (Å²) < 4.78 is 0. The summed E-state index contributed by atoms with van der Waals surface area (Å²) in [5, 5.41) is 7.48. The summed E-state index contributed by atoms with van der Waals surface area (Å²) in [6.45, 7) is 7.40. The molecular formula is C15H25ClIN3. The van der Waals surface area contributed by atoms with Gasteiger partial charge in [-0.15, -0.1) is 24.0 Å². The highest BCUT2D eigenvalue weighted by molar-refractivity contribution is 14.0. The van der Waals surface area contributed by atoms with Crippen molar-refractivity contribution in [1.29, 1.82) is 0 Å². The number of halogens is 2. The van der Waals surface area contributed by atoms with Gasteiger partial charge in [0.1, 0.15) is 0 Å². The molecule has 0 saturated carbocycles. The summed E-state index contributed by atoms with van der Waals surface area (Å²) in [7, 11) is 1.80. The normalized spacial score (nSPS) is 12.8. The van der Waals surface area contributed by atoms with Crippen LogP contribution in [0.15, 0.2) is 29.3 Å². The molecule has 1 aromatic rings. The van der Waals surface area contributed by atoms with Crippen molar-refractivity contribution < 1.29 is 0 Å². The largest absolute Gasteiger partial charge is 0.356 e. The number of rotatable bonds is 5. The molecule has 1 unspecified atom stereocenters. The summed E-state index contributed by atoms with van der Waals surface area (Å²) in [5.41, 5.74) is 1.27. The van der Waals surface area contributed by atoms with Gasteiger partial charge in [-0.3, -0.25) is 4.99 Å². The maximum atomic E-state index is 5.86. The van der Waals surface area contributed by atoms with Crippen molar-refractivity contribution in [3.05, 3.63) is 34.9 Å². The van der Waals surface area contributed by atoms with Gasteiger partial charge in [0.25, 0.3) is 0 Å². The molecule has 0 spiro atoms. The molecular weight excluding hydrogens is 385 g/mol. The average Bonchev–Trinajstić information content (AvgIpc) is 2.39. The summed E-state index contributed by atoms with van der Waals surface area (Å²) in [6, 6.07) is 8.35. The van der Waals surface area contributed by atoms with Crippen molar-refractivity contribution in [2.75, 3.05) is 13.6 Å². The molecule has 0 bridgehead atoms. The zero-order valence-electron chi connectivity index (χ0n) is 12.6. The van der Waals surface area contributed by atoms with Gasteiger partial charge in [0.2, 0.25) is 0 Å². The Morgan fingerprint density at radius 3 is 2.30 bits per heavy atom. The smallest absolute Gasteiger partial charge is 0.191 e. The van der Waals surface area contributed by atoms with Crippen LogP contribution in [-0.2, 0) is 6.42 Å². The van der Waals surface area contributed by atoms with E-state index in [0.29, 0.717) is 12.0 Å². The van der Waals surface area contributed by atoms with Crippen LogP contribution in [0.2, 0.25) is 5.02 Å². The number of nitrogens with zero attached hydrogens (tertiary/aromatic N) is 1. The first-order valence-electron chi connectivity index (χ1n) is 6.74. The molecule has 114 valence electrons. The predicted octanol–water partition coefficient (Wildman–Crippen LogP) is 3.71. The first-order valence-corrected chi connectivity index (χ1v) is 7.12. The zero-order valence-corrected chi connectivity index (χ0v) is 15.7. The Morgan fingerprint density at radius 1 is 1.20 bits per heavy atom. The van der Waals surface area contributed by atoms with Crippen LogP contribution < -0.4 is 10.6 Å². The molecule has 5 heteroatoms. The van der Waals surface area contributed by atoms with Crippen LogP contribution in [0.3, 0.4) is 0 Å². The Morgan fingerprint density at radius 2 is 1.80 bits per heavy atom. The fraction of sp³-hybridized carbons (Fsp3) is 0.533. The first kappa shape index (κ1) is 19.5. The third kappa shape index (κ3) is 7.33. The van der Waals surface area contributed by atoms with E-state index in [4.69, 9.17) is 11.6 Å². The van der Waals surface area contributed by atoms with Crippen LogP contribution in [0, 0.1) is 5.92 Å². The molecule has 1 atom stereocenters. The number of nitrogens with one attached hydrogen (secondary N) is 2. The monoisotopic (exact) mass is 409 g/mol. The standard InChI is InChI=1S/C15H24ClN3.HI/c1-11(2)12(3)19-15(17-4)18-10-9-13-5-7-14(16)8-6-13;/h5-8,11-12H,9-10H2,1-4H3,(H2,17,18,19);1H. The summed E-state index contributed by atoms with van der Waals surface area (Å²) in [5.74, 6) is 1.44. The summed E-state index contributed by atoms with van der Waals surface area (Å²) in [4.78, 5) is 4.23. The molecule has 20 heavy (non-hydrogen) atoms. The Bertz CT molecular complexity index is 404. The van der Waals surface area contributed by atoms with E-state index in [1.165, 1.54) is 5.56 Å². The van der Waals surface area contributed by atoms with E-state index in [1.807, 2.05) is 12.1 Å². The van der Waals surface area contributed by atoms with Crippen LogP contribution >= 0.6 is 35.6 Å². The lowest BCUT2D eigenvalue weighted by atomic mass is 10.1. The van der Waals surface area contributed by atoms with E-state index < -0.39 is 0 Å². The van der Waals surface area contributed by atoms with Gasteiger partial charge in [-0.1, -0.05) is 37.6 Å². The van der Waals surface area contributed by atoms with Gasteiger partial charge in [-0.05, 0) is 37.0 Å². The van der Waals surface area contributed by atoms with Crippen molar-refractivity contribution in [2.45, 2.75) is 33.2 Å². The van der Waals surface area contributed by atoms with Gasteiger partial charge >= 0.3 is 0 Å². The molecule has 2 N–H and O–H groups in total. The van der Waals surface area contributed by atoms with Crippen molar-refractivity contribution >= 4 is 41.5 Å². The van der Waals surface area contributed by atoms with Gasteiger partial charge in [-0.25, -0.2) is 0 Å². The SMILES string of the molecule is CN=C(NCCc1ccc(Cl)cc1)NC(C)C(C)C.I. The molecule has 1 rings (SSSR count). The lowest BCUT2D eigenvalue weighted by molar-refractivity contribution is 0.481. The number of benzene rings is 1. The third-order valence-electron chi connectivity index (χ3n) is 3.21. The van der Waals surface area contributed by atoms with E-state index in [0.717, 1.165) is 23.9 Å². The maximum absolute atomic E-state index is 5.86. The van der Waals surface area contributed by atoms with Crippen LogP contribution in [0.4, 0.5) is 0 Å². The molecule has 3 nitrogen and oxygen atoms in total. The van der Waals surface area contributed by atoms with E-state index in [-0.39, 0.29) is 24.0 Å². The molecule has 0 aliphatic heterocycles. The van der Waals surface area contributed by atoms with Crippen LogP contribution in [0.25, 0.3) is 0 Å². The van der Waals surface area contributed by atoms with Crippen LogP contribution in [-0.4, -0.2) is 25.6 Å². The second-order valence-corrected chi connectivity index (χ2v) is 5.49. The maximum Gasteiger partial charge on any atom is 0.191 e. The number of hydrogen-bond acceptors (Lipinski definition) is 1. The minimum atomic E-state index is 0. The van der Waals surface area contributed by atoms with Gasteiger partial charge < -0.3 is 10.6 Å². The number of hydrogen-bond donors (Lipinski definition) is 2. The van der Waals surface area contributed by atoms with Crippen molar-refractivity contribution in [3.8, 4) is 0 Å². The first-order chi connectivity index (χ1) is 9.02. The van der Waals surface area contributed by atoms with Gasteiger partial charge in [0.15, 0.2) is 5.96 Å². The minimum Gasteiger partial charge on any atom is -0.356 e. The minimum absolute atomic E-state index is 0. The molecule has 0 radical (unpaired) electrons. The van der Waals surface area contributed by atoms with Gasteiger partial charge in [0.05, 0.1) is 0 Å². The lowest BCUT2D eigenvalue weighted by Crippen LogP contribution is -2.44. The second-order valence-electron chi connectivity index (χ2n) is 5.05. The Kier molecular flexibility index (Phi) is 10.0. The van der Waals surface area contributed by atoms with Gasteiger partial charge in [-0.2, -0.15) is 0 Å². The van der Waals surface area contributed by atoms with Crippen molar-refractivity contribution in [3.63, 3.8) is 0 Å². The summed E-state index contributed by atoms with van der Waals surface area (Å²) in [6.07, 6.45) is 0.952. The Hall–Kier alpha value is -0.490. The van der Waals surface area contributed by atoms with Crippen LogP contribution in [0.1, 0.15) is 26.3 Å². The number of guanidine groups is 1. The second kappa shape index (κ2) is 10.3. The van der Waals surface area contributed by atoms with Crippen LogP contribution in [0.5, 0.6) is 0 Å². The average molecular weight is 410 g/mol. The van der Waals surface area contributed by atoms with Gasteiger partial charge in [0, 0.05) is 24.7 Å². The van der Waals surface area contributed by atoms with Crippen molar-refractivity contribution in [1.82, 2.24) is 10.6 Å².